The molecular formula is C13H26N2S. The van der Waals surface area contributed by atoms with Crippen molar-refractivity contribution >= 4 is 11.8 Å². The Morgan fingerprint density at radius 2 is 2.31 bits per heavy atom. The molecule has 2 atom stereocenters. The Labute approximate surface area is 105 Å². The van der Waals surface area contributed by atoms with Gasteiger partial charge in [0.15, 0.2) is 0 Å². The highest BCUT2D eigenvalue weighted by Gasteiger charge is 2.17. The normalized spacial score (nSPS) is 32.8. The Balaban J connectivity index is 1.56. The van der Waals surface area contributed by atoms with E-state index in [2.05, 4.69) is 28.9 Å². The molecular weight excluding hydrogens is 216 g/mol. The number of rotatable bonds is 4. The van der Waals surface area contributed by atoms with E-state index in [4.69, 9.17) is 0 Å². The fourth-order valence-electron chi connectivity index (χ4n) is 2.83. The Bertz CT molecular complexity index is 192. The largest absolute Gasteiger partial charge is 0.314 e. The molecule has 2 saturated heterocycles. The summed E-state index contributed by atoms with van der Waals surface area (Å²) >= 11 is 2.13. The first kappa shape index (κ1) is 12.7. The highest BCUT2D eigenvalue weighted by Crippen LogP contribution is 2.18. The molecule has 16 heavy (non-hydrogen) atoms. The zero-order valence-corrected chi connectivity index (χ0v) is 11.4. The molecule has 0 spiro atoms. The van der Waals surface area contributed by atoms with E-state index in [1.165, 1.54) is 64.0 Å². The third-order valence-corrected chi connectivity index (χ3v) is 4.90. The maximum Gasteiger partial charge on any atom is 0.0147 e. The highest BCUT2D eigenvalue weighted by molar-refractivity contribution is 7.99. The van der Waals surface area contributed by atoms with E-state index in [0.29, 0.717) is 0 Å². The summed E-state index contributed by atoms with van der Waals surface area (Å²) in [4.78, 5) is 2.66. The summed E-state index contributed by atoms with van der Waals surface area (Å²) in [6, 6.07) is 0.824. The van der Waals surface area contributed by atoms with Crippen molar-refractivity contribution in [3.05, 3.63) is 0 Å². The lowest BCUT2D eigenvalue weighted by atomic mass is 10.0. The molecule has 0 aromatic carbocycles. The second-order valence-electron chi connectivity index (χ2n) is 5.27. The summed E-state index contributed by atoms with van der Waals surface area (Å²) in [5.41, 5.74) is 0. The average molecular weight is 242 g/mol. The molecule has 2 aliphatic rings. The molecule has 0 aromatic rings. The molecule has 1 N–H and O–H groups in total. The summed E-state index contributed by atoms with van der Waals surface area (Å²) in [6.45, 7) is 7.56. The van der Waals surface area contributed by atoms with Gasteiger partial charge in [0.25, 0.3) is 0 Å². The zero-order valence-electron chi connectivity index (χ0n) is 10.6. The number of nitrogens with zero attached hydrogens (tertiary/aromatic N) is 1. The first-order valence-corrected chi connectivity index (χ1v) is 7.97. The number of thioether (sulfide) groups is 1. The van der Waals surface area contributed by atoms with Crippen LogP contribution in [0.2, 0.25) is 0 Å². The Kier molecular flexibility index (Phi) is 5.46. The predicted octanol–water partition coefficient (Wildman–Crippen LogP) is 2.35. The number of hydrogen-bond acceptors (Lipinski definition) is 3. The van der Waals surface area contributed by atoms with Gasteiger partial charge in [-0.25, -0.2) is 0 Å². The van der Waals surface area contributed by atoms with Gasteiger partial charge in [-0.3, -0.25) is 0 Å². The number of nitrogens with one attached hydrogen (secondary N) is 1. The molecule has 2 heterocycles. The van der Waals surface area contributed by atoms with Crippen LogP contribution in [0.15, 0.2) is 0 Å². The molecule has 94 valence electrons. The monoisotopic (exact) mass is 242 g/mol. The van der Waals surface area contributed by atoms with E-state index < -0.39 is 0 Å². The lowest BCUT2D eigenvalue weighted by molar-refractivity contribution is 0.268. The van der Waals surface area contributed by atoms with Crippen LogP contribution in [-0.2, 0) is 0 Å². The number of hydrogen-bond donors (Lipinski definition) is 1. The molecule has 3 heteroatoms. The van der Waals surface area contributed by atoms with E-state index in [9.17, 15) is 0 Å². The topological polar surface area (TPSA) is 15.3 Å². The molecule has 0 radical (unpaired) electrons. The van der Waals surface area contributed by atoms with E-state index in [1.54, 1.807) is 0 Å². The second-order valence-corrected chi connectivity index (χ2v) is 6.82. The third kappa shape index (κ3) is 4.27. The van der Waals surface area contributed by atoms with Crippen LogP contribution in [0, 0.1) is 0 Å². The van der Waals surface area contributed by atoms with Crippen LogP contribution >= 0.6 is 11.8 Å². The van der Waals surface area contributed by atoms with Gasteiger partial charge < -0.3 is 10.2 Å². The predicted molar refractivity (Wildman–Crippen MR) is 73.2 cm³/mol. The first-order valence-electron chi connectivity index (χ1n) is 6.92. The van der Waals surface area contributed by atoms with Crippen LogP contribution in [0.1, 0.15) is 39.0 Å². The minimum absolute atomic E-state index is 0.824. The van der Waals surface area contributed by atoms with E-state index in [1.807, 2.05) is 0 Å². The highest BCUT2D eigenvalue weighted by atomic mass is 32.2. The standard InChI is InChI=1S/C13H26N2S/c1-12-11-15(9-10-16-12)8-4-6-13-5-2-3-7-14-13/h12-14H,2-11H2,1H3. The average Bonchev–Trinajstić information content (AvgIpc) is 2.30. The molecule has 2 unspecified atom stereocenters. The van der Waals surface area contributed by atoms with Crippen LogP contribution in [0.3, 0.4) is 0 Å². The van der Waals surface area contributed by atoms with Gasteiger partial charge in [0, 0.05) is 30.1 Å². The van der Waals surface area contributed by atoms with Gasteiger partial charge in [-0.15, -0.1) is 0 Å². The maximum absolute atomic E-state index is 3.64. The summed E-state index contributed by atoms with van der Waals surface area (Å²) in [6.07, 6.45) is 7.01. The molecule has 2 nitrogen and oxygen atoms in total. The Morgan fingerprint density at radius 1 is 1.38 bits per heavy atom. The summed E-state index contributed by atoms with van der Waals surface area (Å²) in [5, 5.41) is 4.49. The van der Waals surface area contributed by atoms with E-state index in [0.717, 1.165) is 11.3 Å². The summed E-state index contributed by atoms with van der Waals surface area (Å²) in [7, 11) is 0. The quantitative estimate of drug-likeness (QED) is 0.815. The van der Waals surface area contributed by atoms with Crippen molar-refractivity contribution in [3.63, 3.8) is 0 Å². The van der Waals surface area contributed by atoms with Gasteiger partial charge in [0.2, 0.25) is 0 Å². The maximum atomic E-state index is 3.64. The molecule has 0 aromatic heterocycles. The van der Waals surface area contributed by atoms with Crippen LogP contribution in [-0.4, -0.2) is 48.1 Å². The van der Waals surface area contributed by atoms with Gasteiger partial charge in [-0.1, -0.05) is 13.3 Å². The van der Waals surface area contributed by atoms with Crippen molar-refractivity contribution in [3.8, 4) is 0 Å². The van der Waals surface area contributed by atoms with Gasteiger partial charge >= 0.3 is 0 Å². The van der Waals surface area contributed by atoms with Crippen molar-refractivity contribution in [1.82, 2.24) is 10.2 Å². The fourth-order valence-corrected chi connectivity index (χ4v) is 3.91. The zero-order chi connectivity index (χ0) is 11.2. The van der Waals surface area contributed by atoms with E-state index >= 15 is 0 Å². The minimum Gasteiger partial charge on any atom is -0.314 e. The van der Waals surface area contributed by atoms with Crippen LogP contribution in [0.4, 0.5) is 0 Å². The lowest BCUT2D eigenvalue weighted by Crippen LogP contribution is -2.38. The van der Waals surface area contributed by atoms with Gasteiger partial charge in [-0.05, 0) is 38.8 Å². The molecule has 0 amide bonds. The molecule has 0 aliphatic carbocycles. The summed E-state index contributed by atoms with van der Waals surface area (Å²) in [5.74, 6) is 1.34. The van der Waals surface area contributed by atoms with Crippen molar-refractivity contribution in [2.24, 2.45) is 0 Å². The molecule has 0 saturated carbocycles. The van der Waals surface area contributed by atoms with Crippen molar-refractivity contribution < 1.29 is 0 Å². The first-order chi connectivity index (χ1) is 7.84. The van der Waals surface area contributed by atoms with Crippen molar-refractivity contribution in [2.75, 3.05) is 31.9 Å². The minimum atomic E-state index is 0.824. The van der Waals surface area contributed by atoms with Crippen LogP contribution in [0.5, 0.6) is 0 Å². The Hall–Kier alpha value is 0.270. The van der Waals surface area contributed by atoms with Crippen LogP contribution < -0.4 is 5.32 Å². The van der Waals surface area contributed by atoms with Gasteiger partial charge in [-0.2, -0.15) is 11.8 Å². The fraction of sp³-hybridized carbons (Fsp3) is 1.00. The van der Waals surface area contributed by atoms with Crippen molar-refractivity contribution in [2.45, 2.75) is 50.3 Å². The smallest absolute Gasteiger partial charge is 0.0147 e. The van der Waals surface area contributed by atoms with Crippen LogP contribution in [0.25, 0.3) is 0 Å². The lowest BCUT2D eigenvalue weighted by Gasteiger charge is -2.31. The SMILES string of the molecule is CC1CN(CCCC2CCCCN2)CCS1. The molecule has 2 rings (SSSR count). The summed E-state index contributed by atoms with van der Waals surface area (Å²) < 4.78 is 0. The molecule has 2 fully saturated rings. The Morgan fingerprint density at radius 3 is 3.06 bits per heavy atom. The van der Waals surface area contributed by atoms with E-state index in [-0.39, 0.29) is 0 Å². The van der Waals surface area contributed by atoms with Crippen molar-refractivity contribution in [1.29, 1.82) is 0 Å². The van der Waals surface area contributed by atoms with Gasteiger partial charge in [0.05, 0.1) is 0 Å². The third-order valence-electron chi connectivity index (χ3n) is 3.76. The molecule has 0 bridgehead atoms. The van der Waals surface area contributed by atoms with Gasteiger partial charge in [0.1, 0.15) is 0 Å². The second kappa shape index (κ2) is 6.87. The number of piperidine rings is 1. The molecule has 2 aliphatic heterocycles.